The smallest absolute Gasteiger partial charge is 0.309 e. The maximum atomic E-state index is 11.2. The minimum atomic E-state index is -0.777. The highest BCUT2D eigenvalue weighted by Crippen LogP contribution is 2.50. The first-order chi connectivity index (χ1) is 12.7. The number of carbonyl (C=O) groups is 2. The summed E-state index contributed by atoms with van der Waals surface area (Å²) >= 11 is 0. The van der Waals surface area contributed by atoms with Crippen LogP contribution in [0.3, 0.4) is 0 Å². The summed E-state index contributed by atoms with van der Waals surface area (Å²) in [6.45, 7) is 3.48. The Labute approximate surface area is 161 Å². The van der Waals surface area contributed by atoms with Crippen molar-refractivity contribution in [2.75, 3.05) is 0 Å². The van der Waals surface area contributed by atoms with E-state index in [4.69, 9.17) is 0 Å². The van der Waals surface area contributed by atoms with Gasteiger partial charge in [0.05, 0.1) is 10.8 Å². The van der Waals surface area contributed by atoms with Crippen LogP contribution >= 0.6 is 0 Å². The quantitative estimate of drug-likeness (QED) is 0.456. The van der Waals surface area contributed by atoms with Crippen molar-refractivity contribution in [1.29, 1.82) is 0 Å². The number of unbranched alkanes of at least 4 members (excludes halogenated alkanes) is 2. The third-order valence-electron chi connectivity index (χ3n) is 5.96. The molecule has 0 atom stereocenters. The Balaban J connectivity index is 1.82. The van der Waals surface area contributed by atoms with Crippen LogP contribution in [0.15, 0.2) is 18.2 Å². The molecule has 0 saturated heterocycles. The second kappa shape index (κ2) is 8.77. The average molecular weight is 376 g/mol. The van der Waals surface area contributed by atoms with Crippen LogP contribution < -0.4 is 0 Å². The van der Waals surface area contributed by atoms with Crippen molar-refractivity contribution in [3.05, 3.63) is 29.3 Å². The summed E-state index contributed by atoms with van der Waals surface area (Å²) in [5.74, 6) is -1.14. The molecule has 27 heavy (non-hydrogen) atoms. The van der Waals surface area contributed by atoms with E-state index in [1.807, 2.05) is 12.1 Å². The molecule has 0 bridgehead atoms. The van der Waals surface area contributed by atoms with Gasteiger partial charge in [0.1, 0.15) is 5.75 Å². The van der Waals surface area contributed by atoms with Crippen LogP contribution in [-0.2, 0) is 22.4 Å². The van der Waals surface area contributed by atoms with Crippen molar-refractivity contribution in [3.8, 4) is 5.75 Å². The van der Waals surface area contributed by atoms with E-state index in [9.17, 15) is 24.9 Å². The predicted octanol–water partition coefficient (Wildman–Crippen LogP) is 4.79. The van der Waals surface area contributed by atoms with Gasteiger partial charge in [0.2, 0.25) is 0 Å². The minimum absolute atomic E-state index is 0.300. The summed E-state index contributed by atoms with van der Waals surface area (Å²) in [5.41, 5.74) is 0.890. The zero-order valence-electron chi connectivity index (χ0n) is 16.5. The third kappa shape index (κ3) is 5.72. The van der Waals surface area contributed by atoms with Crippen molar-refractivity contribution >= 4 is 11.9 Å². The molecule has 1 aromatic carbocycles. The Kier molecular flexibility index (Phi) is 6.90. The number of phenols is 1. The van der Waals surface area contributed by atoms with Crippen LogP contribution in [0.5, 0.6) is 5.75 Å². The van der Waals surface area contributed by atoms with Gasteiger partial charge in [-0.15, -0.1) is 0 Å². The Hall–Kier alpha value is -2.04. The van der Waals surface area contributed by atoms with Gasteiger partial charge < -0.3 is 15.3 Å². The fraction of sp³-hybridized carbons (Fsp3) is 0.636. The molecule has 0 spiro atoms. The molecule has 5 nitrogen and oxygen atoms in total. The molecule has 0 amide bonds. The molecule has 1 aliphatic rings. The lowest BCUT2D eigenvalue weighted by molar-refractivity contribution is -0.147. The Bertz CT molecular complexity index is 673. The first kappa shape index (κ1) is 21.3. The molecule has 0 aliphatic heterocycles. The molecule has 3 N–H and O–H groups in total. The number of hydrogen-bond donors (Lipinski definition) is 3. The lowest BCUT2D eigenvalue weighted by Crippen LogP contribution is -2.23. The summed E-state index contributed by atoms with van der Waals surface area (Å²) < 4.78 is 0. The van der Waals surface area contributed by atoms with E-state index >= 15 is 0 Å². The molecule has 1 aromatic rings. The molecule has 1 fully saturated rings. The average Bonchev–Trinajstić information content (AvgIpc) is 3.38. The predicted molar refractivity (Wildman–Crippen MR) is 104 cm³/mol. The second-order valence-corrected chi connectivity index (χ2v) is 8.60. The number of hydrogen-bond acceptors (Lipinski definition) is 3. The monoisotopic (exact) mass is 376 g/mol. The molecular formula is C22H32O5. The van der Waals surface area contributed by atoms with E-state index in [1.165, 1.54) is 0 Å². The van der Waals surface area contributed by atoms with Gasteiger partial charge in [0.15, 0.2) is 0 Å². The van der Waals surface area contributed by atoms with Gasteiger partial charge in [-0.2, -0.15) is 0 Å². The molecule has 2 rings (SSSR count). The zero-order chi connectivity index (χ0) is 20.1. The Morgan fingerprint density at radius 3 is 2.30 bits per heavy atom. The van der Waals surface area contributed by atoms with Gasteiger partial charge in [0.25, 0.3) is 0 Å². The lowest BCUT2D eigenvalue weighted by atomic mass is 9.86. The summed E-state index contributed by atoms with van der Waals surface area (Å²) in [5, 5.41) is 28.7. The molecule has 1 saturated carbocycles. The van der Waals surface area contributed by atoms with Gasteiger partial charge in [-0.05, 0) is 82.4 Å². The number of carboxylic acids is 2. The highest BCUT2D eigenvalue weighted by atomic mass is 16.4. The Morgan fingerprint density at radius 1 is 1.04 bits per heavy atom. The number of carboxylic acid groups (broad SMARTS) is 2. The number of rotatable bonds is 12. The van der Waals surface area contributed by atoms with Gasteiger partial charge in [-0.1, -0.05) is 25.0 Å². The van der Waals surface area contributed by atoms with Gasteiger partial charge in [-0.3, -0.25) is 9.59 Å². The molecule has 5 heteroatoms. The fourth-order valence-corrected chi connectivity index (χ4v) is 3.62. The SMILES string of the molecule is CC(C)(CCCCc1c(O)cccc1CCCCC1(C(=O)O)CC1)C(=O)O. The standard InChI is InChI=1S/C22H32O5/c1-21(2,19(24)25)12-5-4-10-17-16(9-7-11-18(17)23)8-3-6-13-22(14-15-22)20(26)27/h7,9,11,23H,3-6,8,10,12-15H2,1-2H3,(H,24,25)(H,26,27). The topological polar surface area (TPSA) is 94.8 Å². The first-order valence-electron chi connectivity index (χ1n) is 9.94. The highest BCUT2D eigenvalue weighted by molar-refractivity contribution is 5.77. The van der Waals surface area contributed by atoms with Crippen LogP contribution in [0.2, 0.25) is 0 Å². The molecule has 150 valence electrons. The van der Waals surface area contributed by atoms with Crippen molar-refractivity contribution in [3.63, 3.8) is 0 Å². The lowest BCUT2D eigenvalue weighted by Gasteiger charge is -2.19. The Morgan fingerprint density at radius 2 is 1.70 bits per heavy atom. The summed E-state index contributed by atoms with van der Waals surface area (Å²) in [6.07, 6.45) is 7.95. The molecule has 1 aliphatic carbocycles. The third-order valence-corrected chi connectivity index (χ3v) is 5.96. The number of aromatic hydroxyl groups is 1. The van der Waals surface area contributed by atoms with Crippen LogP contribution in [-0.4, -0.2) is 27.3 Å². The fourth-order valence-electron chi connectivity index (χ4n) is 3.62. The van der Waals surface area contributed by atoms with E-state index in [-0.39, 0.29) is 0 Å². The summed E-state index contributed by atoms with van der Waals surface area (Å²) in [4.78, 5) is 22.4. The van der Waals surface area contributed by atoms with Crippen molar-refractivity contribution < 1.29 is 24.9 Å². The number of benzene rings is 1. The molecule has 0 aromatic heterocycles. The van der Waals surface area contributed by atoms with Crippen LogP contribution in [0, 0.1) is 10.8 Å². The zero-order valence-corrected chi connectivity index (χ0v) is 16.5. The van der Waals surface area contributed by atoms with Crippen molar-refractivity contribution in [2.24, 2.45) is 10.8 Å². The van der Waals surface area contributed by atoms with Crippen molar-refractivity contribution in [1.82, 2.24) is 0 Å². The molecule has 0 heterocycles. The highest BCUT2D eigenvalue weighted by Gasteiger charge is 2.49. The number of aliphatic carboxylic acids is 2. The summed E-state index contributed by atoms with van der Waals surface area (Å²) in [6, 6.07) is 5.57. The van der Waals surface area contributed by atoms with Gasteiger partial charge in [-0.25, -0.2) is 0 Å². The van der Waals surface area contributed by atoms with Gasteiger partial charge in [0, 0.05) is 0 Å². The van der Waals surface area contributed by atoms with Crippen molar-refractivity contribution in [2.45, 2.75) is 78.1 Å². The van der Waals surface area contributed by atoms with E-state index in [2.05, 4.69) is 0 Å². The molecule has 0 unspecified atom stereocenters. The van der Waals surface area contributed by atoms with Crippen LogP contribution in [0.4, 0.5) is 0 Å². The maximum absolute atomic E-state index is 11.2. The van der Waals surface area contributed by atoms with Crippen LogP contribution in [0.1, 0.15) is 76.3 Å². The molecular weight excluding hydrogens is 344 g/mol. The first-order valence-corrected chi connectivity index (χ1v) is 9.94. The summed E-state index contributed by atoms with van der Waals surface area (Å²) in [7, 11) is 0. The van der Waals surface area contributed by atoms with E-state index in [0.717, 1.165) is 68.9 Å². The van der Waals surface area contributed by atoms with E-state index < -0.39 is 22.8 Å². The maximum Gasteiger partial charge on any atom is 0.309 e. The van der Waals surface area contributed by atoms with E-state index in [1.54, 1.807) is 19.9 Å². The molecule has 0 radical (unpaired) electrons. The normalized spacial score (nSPS) is 15.5. The van der Waals surface area contributed by atoms with Gasteiger partial charge >= 0.3 is 11.9 Å². The minimum Gasteiger partial charge on any atom is -0.508 e. The second-order valence-electron chi connectivity index (χ2n) is 8.60. The number of aryl methyl sites for hydroxylation is 1. The largest absolute Gasteiger partial charge is 0.508 e. The van der Waals surface area contributed by atoms with E-state index in [0.29, 0.717) is 12.2 Å². The number of phenolic OH excluding ortho intramolecular Hbond substituents is 1. The van der Waals surface area contributed by atoms with Crippen LogP contribution in [0.25, 0.3) is 0 Å².